The average molecular weight is 489 g/mol. The monoisotopic (exact) mass is 488 g/mol. The smallest absolute Gasteiger partial charge is 0.338 e. The molecule has 1 aliphatic heterocycles. The normalized spacial score (nSPS) is 13.3. The van der Waals surface area contributed by atoms with Crippen molar-refractivity contribution in [3.63, 3.8) is 0 Å². The Hall–Kier alpha value is -4.04. The number of ether oxygens (including phenoxy) is 1. The number of hydrogen-bond acceptors (Lipinski definition) is 7. The Morgan fingerprint density at radius 3 is 2.31 bits per heavy atom. The first-order valence-electron chi connectivity index (χ1n) is 11.2. The minimum absolute atomic E-state index is 0.0475. The zero-order valence-electron chi connectivity index (χ0n) is 19.1. The van der Waals surface area contributed by atoms with Crippen molar-refractivity contribution in [2.45, 2.75) is 24.7 Å². The van der Waals surface area contributed by atoms with Crippen molar-refractivity contribution in [2.24, 2.45) is 0 Å². The number of para-hydroxylation sites is 2. The predicted octanol–water partition coefficient (Wildman–Crippen LogP) is 5.34. The van der Waals surface area contributed by atoms with Gasteiger partial charge in [0.05, 0.1) is 23.5 Å². The number of phenols is 1. The van der Waals surface area contributed by atoms with Gasteiger partial charge in [0.15, 0.2) is 0 Å². The maximum Gasteiger partial charge on any atom is 0.338 e. The van der Waals surface area contributed by atoms with Gasteiger partial charge in [-0.05, 0) is 55.0 Å². The van der Waals surface area contributed by atoms with Gasteiger partial charge in [-0.3, -0.25) is 9.59 Å². The first kappa shape index (κ1) is 24.1. The summed E-state index contributed by atoms with van der Waals surface area (Å²) in [5, 5.41) is 13.1. The van der Waals surface area contributed by atoms with E-state index in [1.54, 1.807) is 30.3 Å². The van der Waals surface area contributed by atoms with E-state index >= 15 is 0 Å². The quantitative estimate of drug-likeness (QED) is 0.182. The van der Waals surface area contributed by atoms with E-state index in [9.17, 15) is 19.5 Å². The number of hydrogen-bond donors (Lipinski definition) is 2. The standard InChI is InChI=1S/C27H24N2O5S/c1-2-3-17-34-27(33)18-13-15-19(16-14-18)29-25(31)23(28-21-11-7-8-12-22(21)30)24(26(29)32)35-20-9-5-4-6-10-20/h4-16,28,30H,2-3,17H2,1H3. The number of phenolic OH excluding ortho intramolecular Hbond substituents is 1. The van der Waals surface area contributed by atoms with Crippen LogP contribution in [0.4, 0.5) is 11.4 Å². The Kier molecular flexibility index (Phi) is 7.52. The second-order valence-corrected chi connectivity index (χ2v) is 8.83. The fourth-order valence-electron chi connectivity index (χ4n) is 3.41. The minimum Gasteiger partial charge on any atom is -0.506 e. The van der Waals surface area contributed by atoms with Crippen LogP contribution in [-0.4, -0.2) is 29.5 Å². The molecule has 0 aromatic heterocycles. The number of thioether (sulfide) groups is 1. The lowest BCUT2D eigenvalue weighted by atomic mass is 10.2. The molecule has 0 unspecified atom stereocenters. The van der Waals surface area contributed by atoms with Crippen molar-refractivity contribution in [3.05, 3.63) is 95.0 Å². The number of aromatic hydroxyl groups is 1. The van der Waals surface area contributed by atoms with Gasteiger partial charge in [-0.15, -0.1) is 0 Å². The summed E-state index contributed by atoms with van der Waals surface area (Å²) in [5.74, 6) is -1.56. The van der Waals surface area contributed by atoms with E-state index in [1.165, 1.54) is 18.2 Å². The van der Waals surface area contributed by atoms with Crippen LogP contribution < -0.4 is 10.2 Å². The van der Waals surface area contributed by atoms with E-state index < -0.39 is 17.8 Å². The molecule has 7 nitrogen and oxygen atoms in total. The van der Waals surface area contributed by atoms with Gasteiger partial charge in [-0.25, -0.2) is 9.69 Å². The van der Waals surface area contributed by atoms with Gasteiger partial charge >= 0.3 is 5.97 Å². The van der Waals surface area contributed by atoms with Gasteiger partial charge in [-0.2, -0.15) is 0 Å². The maximum absolute atomic E-state index is 13.4. The number of unbranched alkanes of at least 4 members (excludes halogenated alkanes) is 1. The number of carbonyl (C=O) groups is 3. The Balaban J connectivity index is 1.63. The number of nitrogens with zero attached hydrogens (tertiary/aromatic N) is 1. The summed E-state index contributed by atoms with van der Waals surface area (Å²) >= 11 is 1.16. The molecule has 0 atom stereocenters. The van der Waals surface area contributed by atoms with E-state index in [1.807, 2.05) is 37.3 Å². The van der Waals surface area contributed by atoms with Crippen molar-refractivity contribution >= 4 is 40.9 Å². The molecule has 2 amide bonds. The SMILES string of the molecule is CCCCOC(=O)c1ccc(N2C(=O)C(Nc3ccccc3O)=C(Sc3ccccc3)C2=O)cc1. The number of carbonyl (C=O) groups excluding carboxylic acids is 3. The molecule has 178 valence electrons. The van der Waals surface area contributed by atoms with Crippen LogP contribution in [0.25, 0.3) is 0 Å². The lowest BCUT2D eigenvalue weighted by Gasteiger charge is -2.16. The Morgan fingerprint density at radius 1 is 0.943 bits per heavy atom. The number of rotatable bonds is 9. The van der Waals surface area contributed by atoms with Gasteiger partial charge in [-0.1, -0.05) is 55.4 Å². The van der Waals surface area contributed by atoms with Crippen LogP contribution in [0.15, 0.2) is 94.4 Å². The highest BCUT2D eigenvalue weighted by atomic mass is 32.2. The molecule has 0 bridgehead atoms. The van der Waals surface area contributed by atoms with Crippen LogP contribution in [-0.2, 0) is 14.3 Å². The third kappa shape index (κ3) is 5.38. The Bertz CT molecular complexity index is 1270. The second kappa shape index (κ2) is 10.9. The third-order valence-corrected chi connectivity index (χ3v) is 6.35. The molecule has 3 aromatic rings. The summed E-state index contributed by atoms with van der Waals surface area (Å²) in [4.78, 5) is 41.1. The lowest BCUT2D eigenvalue weighted by molar-refractivity contribution is -0.120. The van der Waals surface area contributed by atoms with Crippen LogP contribution in [0.3, 0.4) is 0 Å². The van der Waals surface area contributed by atoms with Crippen LogP contribution in [0.5, 0.6) is 5.75 Å². The number of imide groups is 1. The molecule has 1 aliphatic rings. The van der Waals surface area contributed by atoms with Crippen molar-refractivity contribution in [2.75, 3.05) is 16.8 Å². The molecule has 0 radical (unpaired) electrons. The van der Waals surface area contributed by atoms with E-state index in [0.29, 0.717) is 23.5 Å². The topological polar surface area (TPSA) is 95.9 Å². The first-order valence-corrected chi connectivity index (χ1v) is 12.0. The summed E-state index contributed by atoms with van der Waals surface area (Å²) in [7, 11) is 0. The van der Waals surface area contributed by atoms with Gasteiger partial charge in [0.25, 0.3) is 11.8 Å². The molecule has 0 spiro atoms. The summed E-state index contributed by atoms with van der Waals surface area (Å²) in [5.41, 5.74) is 1.03. The average Bonchev–Trinajstić information content (AvgIpc) is 3.10. The zero-order valence-corrected chi connectivity index (χ0v) is 19.9. The molecule has 4 rings (SSSR count). The summed E-state index contributed by atoms with van der Waals surface area (Å²) in [6.07, 6.45) is 1.69. The van der Waals surface area contributed by atoms with Crippen LogP contribution in [0, 0.1) is 0 Å². The van der Waals surface area contributed by atoms with Crippen molar-refractivity contribution in [1.82, 2.24) is 0 Å². The lowest BCUT2D eigenvalue weighted by Crippen LogP contribution is -2.32. The first-order chi connectivity index (χ1) is 17.0. The van der Waals surface area contributed by atoms with E-state index in [2.05, 4.69) is 5.32 Å². The Morgan fingerprint density at radius 2 is 1.63 bits per heavy atom. The van der Waals surface area contributed by atoms with Gasteiger partial charge in [0.1, 0.15) is 16.4 Å². The van der Waals surface area contributed by atoms with E-state index in [0.717, 1.165) is 34.4 Å². The molecule has 0 fully saturated rings. The predicted molar refractivity (Wildman–Crippen MR) is 135 cm³/mol. The highest BCUT2D eigenvalue weighted by molar-refractivity contribution is 8.04. The molecule has 0 saturated heterocycles. The van der Waals surface area contributed by atoms with Crippen LogP contribution >= 0.6 is 11.8 Å². The van der Waals surface area contributed by atoms with E-state index in [-0.39, 0.29) is 16.4 Å². The fraction of sp³-hybridized carbons (Fsp3) is 0.148. The van der Waals surface area contributed by atoms with Crippen molar-refractivity contribution in [3.8, 4) is 5.75 Å². The fourth-order valence-corrected chi connectivity index (χ4v) is 4.36. The minimum atomic E-state index is -0.560. The summed E-state index contributed by atoms with van der Waals surface area (Å²) in [6.45, 7) is 2.35. The van der Waals surface area contributed by atoms with Crippen molar-refractivity contribution in [1.29, 1.82) is 0 Å². The molecule has 1 heterocycles. The largest absolute Gasteiger partial charge is 0.506 e. The van der Waals surface area contributed by atoms with Gasteiger partial charge in [0, 0.05) is 4.90 Å². The Labute approximate surface area is 207 Å². The molecule has 2 N–H and O–H groups in total. The number of esters is 1. The molecular weight excluding hydrogens is 464 g/mol. The summed E-state index contributed by atoms with van der Waals surface area (Å²) in [6, 6.07) is 21.9. The molecular formula is C27H24N2O5S. The number of benzene rings is 3. The van der Waals surface area contributed by atoms with Crippen molar-refractivity contribution < 1.29 is 24.2 Å². The highest BCUT2D eigenvalue weighted by Gasteiger charge is 2.40. The molecule has 35 heavy (non-hydrogen) atoms. The molecule has 3 aromatic carbocycles. The number of amides is 2. The van der Waals surface area contributed by atoms with E-state index in [4.69, 9.17) is 4.74 Å². The zero-order chi connectivity index (χ0) is 24.8. The van der Waals surface area contributed by atoms with Crippen LogP contribution in [0.1, 0.15) is 30.1 Å². The van der Waals surface area contributed by atoms with Gasteiger partial charge in [0.2, 0.25) is 0 Å². The van der Waals surface area contributed by atoms with Crippen LogP contribution in [0.2, 0.25) is 0 Å². The molecule has 0 aliphatic carbocycles. The third-order valence-electron chi connectivity index (χ3n) is 5.26. The maximum atomic E-state index is 13.4. The second-order valence-electron chi connectivity index (χ2n) is 7.74. The molecule has 8 heteroatoms. The number of anilines is 2. The van der Waals surface area contributed by atoms with Gasteiger partial charge < -0.3 is 15.2 Å². The molecule has 0 saturated carbocycles. The summed E-state index contributed by atoms with van der Waals surface area (Å²) < 4.78 is 5.22. The highest BCUT2D eigenvalue weighted by Crippen LogP contribution is 2.38. The number of nitrogens with one attached hydrogen (secondary N) is 1.